The average Bonchev–Trinajstić information content (AvgIpc) is 3.10. The maximum Gasteiger partial charge on any atom is 0.417 e. The molecule has 0 atom stereocenters. The summed E-state index contributed by atoms with van der Waals surface area (Å²) in [6.07, 6.45) is 4.71. The molecule has 0 bridgehead atoms. The van der Waals surface area contributed by atoms with Crippen molar-refractivity contribution in [2.75, 3.05) is 32.7 Å². The summed E-state index contributed by atoms with van der Waals surface area (Å²) < 4.78 is 4.96. The van der Waals surface area contributed by atoms with Gasteiger partial charge in [0.2, 0.25) is 0 Å². The van der Waals surface area contributed by atoms with E-state index in [1.54, 1.807) is 29.4 Å². The number of ketones is 2. The van der Waals surface area contributed by atoms with E-state index in [0.717, 1.165) is 0 Å². The molecule has 9 nitrogen and oxygen atoms in total. The fourth-order valence-electron chi connectivity index (χ4n) is 3.57. The molecule has 29 heavy (non-hydrogen) atoms. The first-order valence-corrected chi connectivity index (χ1v) is 9.43. The number of oxazole rings is 1. The molecular formula is C20H20N4O5. The number of nitrogens with zero attached hydrogens (tertiary/aromatic N) is 3. The van der Waals surface area contributed by atoms with Gasteiger partial charge >= 0.3 is 5.76 Å². The zero-order valence-electron chi connectivity index (χ0n) is 15.7. The van der Waals surface area contributed by atoms with Crippen LogP contribution in [0.2, 0.25) is 0 Å². The van der Waals surface area contributed by atoms with Crippen LogP contribution in [0.4, 0.5) is 0 Å². The van der Waals surface area contributed by atoms with E-state index >= 15 is 0 Å². The number of fused-ring (bicyclic) bond motifs is 1. The number of carbonyl (C=O) groups excluding carboxylic acids is 3. The summed E-state index contributed by atoms with van der Waals surface area (Å²) in [6, 6.07) is 3.39. The van der Waals surface area contributed by atoms with Gasteiger partial charge in [0.25, 0.3) is 5.91 Å². The second kappa shape index (κ2) is 7.96. The second-order valence-corrected chi connectivity index (χ2v) is 7.06. The molecule has 0 spiro atoms. The number of piperazine rings is 1. The van der Waals surface area contributed by atoms with Crippen LogP contribution in [0.5, 0.6) is 0 Å². The van der Waals surface area contributed by atoms with Gasteiger partial charge in [0.15, 0.2) is 17.3 Å². The van der Waals surface area contributed by atoms with Crippen LogP contribution in [0.25, 0.3) is 6.08 Å². The van der Waals surface area contributed by atoms with Crippen LogP contribution < -0.4 is 5.76 Å². The van der Waals surface area contributed by atoms with Crippen molar-refractivity contribution in [3.05, 3.63) is 57.7 Å². The standard InChI is InChI=1S/C20H20N4O5/c25-16(14-11-18-15(12-17(14)26)22-20(28)29-18)3-6-23-7-9-24(10-8-23)19(27)13-1-4-21-5-2-13/h1-2,4-5,11H,3,6-10,12H2,(H,22,28). The number of H-pyrrole nitrogens is 1. The highest BCUT2D eigenvalue weighted by Crippen LogP contribution is 2.20. The highest BCUT2D eigenvalue weighted by molar-refractivity contribution is 6.24. The Morgan fingerprint density at radius 2 is 1.83 bits per heavy atom. The zero-order valence-corrected chi connectivity index (χ0v) is 15.7. The smallest absolute Gasteiger partial charge is 0.408 e. The van der Waals surface area contributed by atoms with Gasteiger partial charge in [-0.15, -0.1) is 0 Å². The first-order valence-electron chi connectivity index (χ1n) is 9.43. The Bertz CT molecular complexity index is 1030. The molecule has 2 aromatic rings. The van der Waals surface area contributed by atoms with Crippen LogP contribution >= 0.6 is 0 Å². The number of hydrogen-bond acceptors (Lipinski definition) is 7. The summed E-state index contributed by atoms with van der Waals surface area (Å²) in [7, 11) is 0. The summed E-state index contributed by atoms with van der Waals surface area (Å²) >= 11 is 0. The minimum Gasteiger partial charge on any atom is -0.408 e. The van der Waals surface area contributed by atoms with Crippen LogP contribution in [-0.2, 0) is 16.0 Å². The Morgan fingerprint density at radius 1 is 1.10 bits per heavy atom. The number of pyridine rings is 1. The van der Waals surface area contributed by atoms with E-state index < -0.39 is 5.76 Å². The van der Waals surface area contributed by atoms with E-state index in [4.69, 9.17) is 4.42 Å². The molecular weight excluding hydrogens is 376 g/mol. The van der Waals surface area contributed by atoms with Crippen molar-refractivity contribution in [1.29, 1.82) is 0 Å². The lowest BCUT2D eigenvalue weighted by Crippen LogP contribution is -2.49. The van der Waals surface area contributed by atoms with Crippen LogP contribution in [0.15, 0.2) is 39.3 Å². The normalized spacial score (nSPS) is 17.0. The SMILES string of the molecule is O=C(CCN1CCN(C(=O)c2ccncc2)CC1)C1=Cc2oc(=O)[nH]c2CC1=O. The number of allylic oxidation sites excluding steroid dienone is 1. The highest BCUT2D eigenvalue weighted by atomic mass is 16.4. The highest BCUT2D eigenvalue weighted by Gasteiger charge is 2.28. The lowest BCUT2D eigenvalue weighted by atomic mass is 9.94. The molecule has 0 radical (unpaired) electrons. The Kier molecular flexibility index (Phi) is 5.22. The van der Waals surface area contributed by atoms with Crippen molar-refractivity contribution in [3.63, 3.8) is 0 Å². The summed E-state index contributed by atoms with van der Waals surface area (Å²) in [6.45, 7) is 2.98. The van der Waals surface area contributed by atoms with Gasteiger partial charge in [-0.05, 0) is 18.2 Å². The molecule has 1 fully saturated rings. The number of nitrogens with one attached hydrogen (secondary N) is 1. The van der Waals surface area contributed by atoms with E-state index in [2.05, 4.69) is 14.9 Å². The fourth-order valence-corrected chi connectivity index (χ4v) is 3.57. The third-order valence-corrected chi connectivity index (χ3v) is 5.21. The molecule has 150 valence electrons. The molecule has 9 heteroatoms. The largest absolute Gasteiger partial charge is 0.417 e. The summed E-state index contributed by atoms with van der Waals surface area (Å²) in [5, 5.41) is 0. The maximum atomic E-state index is 12.5. The summed E-state index contributed by atoms with van der Waals surface area (Å²) in [5.41, 5.74) is 1.10. The van der Waals surface area contributed by atoms with Crippen LogP contribution in [0, 0.1) is 0 Å². The topological polar surface area (TPSA) is 117 Å². The van der Waals surface area contributed by atoms with Gasteiger partial charge in [0.1, 0.15) is 0 Å². The Hall–Kier alpha value is -3.33. The Labute approximate surface area is 166 Å². The van der Waals surface area contributed by atoms with Crippen LogP contribution in [-0.4, -0.2) is 70.0 Å². The number of aromatic amines is 1. The van der Waals surface area contributed by atoms with Crippen molar-refractivity contribution in [3.8, 4) is 0 Å². The maximum absolute atomic E-state index is 12.5. The fraction of sp³-hybridized carbons (Fsp3) is 0.350. The minimum absolute atomic E-state index is 0.0233. The summed E-state index contributed by atoms with van der Waals surface area (Å²) in [4.78, 5) is 58.7. The van der Waals surface area contributed by atoms with Crippen LogP contribution in [0.1, 0.15) is 28.2 Å². The van der Waals surface area contributed by atoms with E-state index in [-0.39, 0.29) is 41.6 Å². The van der Waals surface area contributed by atoms with Gasteiger partial charge in [0, 0.05) is 57.1 Å². The lowest BCUT2D eigenvalue weighted by Gasteiger charge is -2.34. The molecule has 1 aliphatic carbocycles. The minimum atomic E-state index is -0.632. The molecule has 0 saturated carbocycles. The van der Waals surface area contributed by atoms with Crippen LogP contribution in [0.3, 0.4) is 0 Å². The molecule has 0 unspecified atom stereocenters. The van der Waals surface area contributed by atoms with Crippen molar-refractivity contribution < 1.29 is 18.8 Å². The number of aromatic nitrogens is 2. The molecule has 1 aliphatic heterocycles. The van der Waals surface area contributed by atoms with E-state index in [9.17, 15) is 19.2 Å². The predicted octanol–water partition coefficient (Wildman–Crippen LogP) is 0.289. The Balaban J connectivity index is 1.30. The third-order valence-electron chi connectivity index (χ3n) is 5.21. The van der Waals surface area contributed by atoms with Gasteiger partial charge in [-0.25, -0.2) is 4.79 Å². The zero-order chi connectivity index (χ0) is 20.4. The molecule has 4 rings (SSSR count). The van der Waals surface area contributed by atoms with Crippen molar-refractivity contribution in [1.82, 2.24) is 19.8 Å². The molecule has 2 aliphatic rings. The predicted molar refractivity (Wildman–Crippen MR) is 102 cm³/mol. The molecule has 1 amide bonds. The van der Waals surface area contributed by atoms with E-state index in [1.807, 2.05) is 0 Å². The quantitative estimate of drug-likeness (QED) is 0.722. The van der Waals surface area contributed by atoms with E-state index in [0.29, 0.717) is 44.0 Å². The number of rotatable bonds is 5. The van der Waals surface area contributed by atoms with Gasteiger partial charge in [-0.1, -0.05) is 0 Å². The Morgan fingerprint density at radius 3 is 2.55 bits per heavy atom. The van der Waals surface area contributed by atoms with E-state index in [1.165, 1.54) is 6.08 Å². The lowest BCUT2D eigenvalue weighted by molar-refractivity contribution is -0.121. The second-order valence-electron chi connectivity index (χ2n) is 7.06. The number of Topliss-reactive ketones (excluding diaryl/α,β-unsaturated/α-hetero) is 2. The molecule has 2 aromatic heterocycles. The molecule has 1 N–H and O–H groups in total. The first-order chi connectivity index (χ1) is 14.0. The summed E-state index contributed by atoms with van der Waals surface area (Å²) in [5.74, 6) is -0.981. The molecule has 3 heterocycles. The van der Waals surface area contributed by atoms with Gasteiger partial charge in [-0.2, -0.15) is 0 Å². The van der Waals surface area contributed by atoms with Crippen molar-refractivity contribution >= 4 is 23.5 Å². The van der Waals surface area contributed by atoms with Gasteiger partial charge < -0.3 is 9.32 Å². The molecule has 1 saturated heterocycles. The molecule has 0 aromatic carbocycles. The van der Waals surface area contributed by atoms with Crippen molar-refractivity contribution in [2.45, 2.75) is 12.8 Å². The first kappa shape index (κ1) is 19.0. The van der Waals surface area contributed by atoms with Gasteiger partial charge in [-0.3, -0.25) is 29.3 Å². The third kappa shape index (κ3) is 4.09. The monoisotopic (exact) mass is 396 g/mol. The van der Waals surface area contributed by atoms with Gasteiger partial charge in [0.05, 0.1) is 17.7 Å². The average molecular weight is 396 g/mol. The number of amides is 1. The number of carbonyl (C=O) groups is 3. The van der Waals surface area contributed by atoms with Crippen molar-refractivity contribution in [2.24, 2.45) is 0 Å². The number of hydrogen-bond donors (Lipinski definition) is 1.